The van der Waals surface area contributed by atoms with Crippen molar-refractivity contribution < 1.29 is 5.11 Å². The summed E-state index contributed by atoms with van der Waals surface area (Å²) in [4.78, 5) is 0. The lowest BCUT2D eigenvalue weighted by molar-refractivity contribution is -0.0245. The van der Waals surface area contributed by atoms with E-state index < -0.39 is 5.60 Å². The minimum atomic E-state index is -0.567. The number of nitriles is 1. The average molecular weight is 275 g/mol. The fourth-order valence-electron chi connectivity index (χ4n) is 2.85. The summed E-state index contributed by atoms with van der Waals surface area (Å²) in [7, 11) is 1.87. The molecule has 20 heavy (non-hydrogen) atoms. The highest BCUT2D eigenvalue weighted by Gasteiger charge is 2.36. The van der Waals surface area contributed by atoms with Gasteiger partial charge in [-0.05, 0) is 42.7 Å². The van der Waals surface area contributed by atoms with E-state index in [-0.39, 0.29) is 0 Å². The summed E-state index contributed by atoms with van der Waals surface area (Å²) in [6.45, 7) is 5.86. The molecular weight excluding hydrogens is 250 g/mol. The molecular formula is C16H25N3O. The van der Waals surface area contributed by atoms with Crippen molar-refractivity contribution in [2.75, 3.05) is 6.54 Å². The Hall–Kier alpha value is -1.31. The fraction of sp³-hybridized carbons (Fsp3) is 0.688. The third kappa shape index (κ3) is 3.62. The first-order chi connectivity index (χ1) is 9.34. The predicted octanol–water partition coefficient (Wildman–Crippen LogP) is 2.32. The van der Waals surface area contributed by atoms with E-state index in [0.717, 1.165) is 31.2 Å². The van der Waals surface area contributed by atoms with E-state index in [9.17, 15) is 5.11 Å². The highest BCUT2D eigenvalue weighted by Crippen LogP contribution is 2.39. The van der Waals surface area contributed by atoms with Crippen LogP contribution in [0.5, 0.6) is 0 Å². The number of nitrogens with one attached hydrogen (secondary N) is 1. The molecule has 0 amide bonds. The molecule has 0 spiro atoms. The maximum atomic E-state index is 10.6. The molecule has 4 heteroatoms. The lowest BCUT2D eigenvalue weighted by Gasteiger charge is -2.40. The van der Waals surface area contributed by atoms with Crippen molar-refractivity contribution in [1.29, 1.82) is 5.26 Å². The molecule has 1 aliphatic carbocycles. The lowest BCUT2D eigenvalue weighted by atomic mass is 9.71. The van der Waals surface area contributed by atoms with E-state index in [1.54, 1.807) is 0 Å². The second-order valence-electron chi connectivity index (χ2n) is 6.95. The van der Waals surface area contributed by atoms with Crippen LogP contribution < -0.4 is 5.32 Å². The van der Waals surface area contributed by atoms with Crippen LogP contribution in [0.3, 0.4) is 0 Å². The Bertz CT molecular complexity index is 500. The Labute approximate surface area is 121 Å². The van der Waals surface area contributed by atoms with Gasteiger partial charge in [0.1, 0.15) is 11.8 Å². The molecule has 110 valence electrons. The SMILES string of the molecule is Cn1cc(CNCC2(O)CCC(C)(C)CC2)cc1C#N. The Kier molecular flexibility index (Phi) is 4.22. The fourth-order valence-corrected chi connectivity index (χ4v) is 2.85. The third-order valence-corrected chi connectivity index (χ3v) is 4.49. The molecule has 1 aromatic heterocycles. The molecule has 0 aliphatic heterocycles. The van der Waals surface area contributed by atoms with Gasteiger partial charge < -0.3 is 15.0 Å². The zero-order valence-electron chi connectivity index (χ0n) is 12.7. The number of aryl methyl sites for hydroxylation is 1. The summed E-state index contributed by atoms with van der Waals surface area (Å²) in [5, 5.41) is 22.8. The van der Waals surface area contributed by atoms with Gasteiger partial charge in [0, 0.05) is 26.3 Å². The van der Waals surface area contributed by atoms with Crippen molar-refractivity contribution in [1.82, 2.24) is 9.88 Å². The summed E-state index contributed by atoms with van der Waals surface area (Å²) in [5.74, 6) is 0. The van der Waals surface area contributed by atoms with Crippen LogP contribution in [-0.4, -0.2) is 21.8 Å². The topological polar surface area (TPSA) is 61.0 Å². The highest BCUT2D eigenvalue weighted by molar-refractivity contribution is 5.28. The van der Waals surface area contributed by atoms with Crippen molar-refractivity contribution in [3.8, 4) is 6.07 Å². The number of nitrogens with zero attached hydrogens (tertiary/aromatic N) is 2. The molecule has 2 N–H and O–H groups in total. The Morgan fingerprint density at radius 1 is 1.35 bits per heavy atom. The van der Waals surface area contributed by atoms with Crippen molar-refractivity contribution in [2.45, 2.75) is 51.7 Å². The Morgan fingerprint density at radius 2 is 2.00 bits per heavy atom. The first-order valence-electron chi connectivity index (χ1n) is 7.32. The minimum absolute atomic E-state index is 0.368. The first-order valence-corrected chi connectivity index (χ1v) is 7.32. The van der Waals surface area contributed by atoms with Crippen LogP contribution in [0.25, 0.3) is 0 Å². The van der Waals surface area contributed by atoms with Gasteiger partial charge in [-0.3, -0.25) is 0 Å². The standard InChI is InChI=1S/C16H25N3O/c1-15(2)4-6-16(20,7-5-15)12-18-10-13-8-14(9-17)19(3)11-13/h8,11,18,20H,4-7,10,12H2,1-3H3. The van der Waals surface area contributed by atoms with Crippen LogP contribution >= 0.6 is 0 Å². The van der Waals surface area contributed by atoms with E-state index >= 15 is 0 Å². The number of aliphatic hydroxyl groups is 1. The van der Waals surface area contributed by atoms with E-state index in [1.807, 2.05) is 23.9 Å². The van der Waals surface area contributed by atoms with Gasteiger partial charge in [-0.15, -0.1) is 0 Å². The van der Waals surface area contributed by atoms with Crippen LogP contribution in [0.4, 0.5) is 0 Å². The molecule has 0 aromatic carbocycles. The molecule has 0 saturated heterocycles. The van der Waals surface area contributed by atoms with Crippen LogP contribution in [0, 0.1) is 16.7 Å². The van der Waals surface area contributed by atoms with E-state index in [1.165, 1.54) is 0 Å². The molecule has 4 nitrogen and oxygen atoms in total. The van der Waals surface area contributed by atoms with Gasteiger partial charge in [0.25, 0.3) is 0 Å². The van der Waals surface area contributed by atoms with E-state index in [4.69, 9.17) is 5.26 Å². The largest absolute Gasteiger partial charge is 0.389 e. The van der Waals surface area contributed by atoms with Crippen molar-refractivity contribution in [3.05, 3.63) is 23.5 Å². The van der Waals surface area contributed by atoms with E-state index in [0.29, 0.717) is 24.2 Å². The summed E-state index contributed by atoms with van der Waals surface area (Å²) < 4.78 is 1.83. The van der Waals surface area contributed by atoms with Crippen LogP contribution in [-0.2, 0) is 13.6 Å². The Morgan fingerprint density at radius 3 is 2.55 bits per heavy atom. The van der Waals surface area contributed by atoms with Crippen LogP contribution in [0.2, 0.25) is 0 Å². The van der Waals surface area contributed by atoms with Gasteiger partial charge in [-0.2, -0.15) is 5.26 Å². The Balaban J connectivity index is 1.82. The maximum absolute atomic E-state index is 10.6. The molecule has 1 saturated carbocycles. The number of rotatable bonds is 4. The smallest absolute Gasteiger partial charge is 0.120 e. The molecule has 2 rings (SSSR count). The number of hydrogen-bond donors (Lipinski definition) is 2. The summed E-state index contributed by atoms with van der Waals surface area (Å²) in [5.41, 5.74) is 1.55. The maximum Gasteiger partial charge on any atom is 0.120 e. The first kappa shape index (κ1) is 15.1. The normalized spacial score (nSPS) is 20.6. The average Bonchev–Trinajstić information content (AvgIpc) is 2.74. The zero-order chi connectivity index (χ0) is 14.8. The van der Waals surface area contributed by atoms with Gasteiger partial charge >= 0.3 is 0 Å². The molecule has 1 aliphatic rings. The molecule has 0 radical (unpaired) electrons. The molecule has 0 bridgehead atoms. The highest BCUT2D eigenvalue weighted by atomic mass is 16.3. The second kappa shape index (κ2) is 5.59. The molecule has 0 unspecified atom stereocenters. The number of aromatic nitrogens is 1. The van der Waals surface area contributed by atoms with Crippen LogP contribution in [0.1, 0.15) is 50.8 Å². The molecule has 0 atom stereocenters. The lowest BCUT2D eigenvalue weighted by Crippen LogP contribution is -2.44. The molecule has 1 fully saturated rings. The quantitative estimate of drug-likeness (QED) is 0.886. The van der Waals surface area contributed by atoms with Gasteiger partial charge in [0.15, 0.2) is 0 Å². The van der Waals surface area contributed by atoms with Gasteiger partial charge in [0.05, 0.1) is 5.60 Å². The van der Waals surface area contributed by atoms with Gasteiger partial charge in [-0.1, -0.05) is 13.8 Å². The third-order valence-electron chi connectivity index (χ3n) is 4.49. The number of hydrogen-bond acceptors (Lipinski definition) is 3. The van der Waals surface area contributed by atoms with Crippen molar-refractivity contribution in [3.63, 3.8) is 0 Å². The van der Waals surface area contributed by atoms with Crippen molar-refractivity contribution in [2.24, 2.45) is 12.5 Å². The zero-order valence-corrected chi connectivity index (χ0v) is 12.7. The minimum Gasteiger partial charge on any atom is -0.389 e. The summed E-state index contributed by atoms with van der Waals surface area (Å²) in [6, 6.07) is 4.05. The predicted molar refractivity (Wildman–Crippen MR) is 79.0 cm³/mol. The van der Waals surface area contributed by atoms with E-state index in [2.05, 4.69) is 25.2 Å². The van der Waals surface area contributed by atoms with Gasteiger partial charge in [0.2, 0.25) is 0 Å². The summed E-state index contributed by atoms with van der Waals surface area (Å²) >= 11 is 0. The molecule has 1 heterocycles. The van der Waals surface area contributed by atoms with Crippen molar-refractivity contribution >= 4 is 0 Å². The van der Waals surface area contributed by atoms with Gasteiger partial charge in [-0.25, -0.2) is 0 Å². The second-order valence-corrected chi connectivity index (χ2v) is 6.95. The molecule has 1 aromatic rings. The monoisotopic (exact) mass is 275 g/mol. The summed E-state index contributed by atoms with van der Waals surface area (Å²) in [6.07, 6.45) is 5.85. The van der Waals surface area contributed by atoms with Crippen LogP contribution in [0.15, 0.2) is 12.3 Å².